The molecule has 0 radical (unpaired) electrons. The van der Waals surface area contributed by atoms with Crippen LogP contribution in [0.4, 0.5) is 10.1 Å². The predicted octanol–water partition coefficient (Wildman–Crippen LogP) is 3.92. The molecule has 7 heteroatoms. The van der Waals surface area contributed by atoms with E-state index in [9.17, 15) is 9.18 Å². The van der Waals surface area contributed by atoms with Gasteiger partial charge in [-0.2, -0.15) is 0 Å². The minimum atomic E-state index is -0.551. The molecule has 2 rings (SSSR count). The molecule has 1 amide bonds. The van der Waals surface area contributed by atoms with Crippen LogP contribution in [-0.2, 0) is 6.54 Å². The van der Waals surface area contributed by atoms with Crippen molar-refractivity contribution in [3.05, 3.63) is 48.8 Å². The van der Waals surface area contributed by atoms with E-state index in [-0.39, 0.29) is 11.6 Å². The zero-order valence-electron chi connectivity index (χ0n) is 9.54. The first-order chi connectivity index (χ1) is 8.99. The van der Waals surface area contributed by atoms with Crippen molar-refractivity contribution in [1.29, 1.82) is 0 Å². The molecule has 2 aromatic rings. The molecule has 1 aromatic carbocycles. The number of hydrogen-bond acceptors (Lipinski definition) is 3. The molecule has 0 aliphatic rings. The fraction of sp³-hybridized carbons (Fsp3) is 0.0833. The quantitative estimate of drug-likeness (QED) is 0.757. The number of carbonyl (C=O) groups is 1. The van der Waals surface area contributed by atoms with E-state index in [1.165, 1.54) is 23.5 Å². The van der Waals surface area contributed by atoms with Crippen molar-refractivity contribution in [2.75, 3.05) is 5.73 Å². The lowest BCUT2D eigenvalue weighted by Gasteiger charge is -2.08. The molecule has 100 valence electrons. The molecule has 3 N–H and O–H groups in total. The van der Waals surface area contributed by atoms with Gasteiger partial charge in [-0.15, -0.1) is 11.3 Å². The molecule has 1 heterocycles. The Balaban J connectivity index is 2.12. The molecule has 0 aliphatic heterocycles. The monoisotopic (exact) mass is 406 g/mol. The van der Waals surface area contributed by atoms with Crippen molar-refractivity contribution in [3.8, 4) is 0 Å². The first kappa shape index (κ1) is 14.5. The molecular weight excluding hydrogens is 399 g/mol. The van der Waals surface area contributed by atoms with E-state index in [4.69, 9.17) is 5.73 Å². The summed E-state index contributed by atoms with van der Waals surface area (Å²) in [5.74, 6) is -0.858. The number of nitrogens with two attached hydrogens (primary N) is 1. The highest BCUT2D eigenvalue weighted by Crippen LogP contribution is 2.24. The van der Waals surface area contributed by atoms with Gasteiger partial charge in [0, 0.05) is 13.8 Å². The average molecular weight is 408 g/mol. The van der Waals surface area contributed by atoms with Crippen LogP contribution in [0.3, 0.4) is 0 Å². The first-order valence-electron chi connectivity index (χ1n) is 5.23. The van der Waals surface area contributed by atoms with Gasteiger partial charge in [-0.3, -0.25) is 4.79 Å². The molecular formula is C12H9Br2FN2OS. The Morgan fingerprint density at radius 2 is 2.11 bits per heavy atom. The number of benzene rings is 1. The zero-order valence-corrected chi connectivity index (χ0v) is 13.5. The standard InChI is InChI=1S/C12H9Br2FN2OS/c13-7-1-2-19-11(7)5-17-12(18)6-3-10(16)9(15)4-8(6)14/h1-4H,5,16H2,(H,17,18). The summed E-state index contributed by atoms with van der Waals surface area (Å²) in [6, 6.07) is 4.42. The number of halogens is 3. The molecule has 1 aromatic heterocycles. The fourth-order valence-corrected chi connectivity index (χ4v) is 3.37. The van der Waals surface area contributed by atoms with Crippen LogP contribution in [-0.4, -0.2) is 5.91 Å². The SMILES string of the molecule is Nc1cc(C(=O)NCc2sccc2Br)c(Br)cc1F. The lowest BCUT2D eigenvalue weighted by atomic mass is 10.2. The van der Waals surface area contributed by atoms with E-state index in [0.717, 1.165) is 9.35 Å². The van der Waals surface area contributed by atoms with Gasteiger partial charge in [0.25, 0.3) is 5.91 Å². The zero-order chi connectivity index (χ0) is 14.0. The number of anilines is 1. The Bertz CT molecular complexity index is 630. The van der Waals surface area contributed by atoms with Gasteiger partial charge in [-0.05, 0) is 55.4 Å². The summed E-state index contributed by atoms with van der Waals surface area (Å²) in [4.78, 5) is 13.0. The van der Waals surface area contributed by atoms with E-state index in [2.05, 4.69) is 37.2 Å². The summed E-state index contributed by atoms with van der Waals surface area (Å²) in [7, 11) is 0. The van der Waals surface area contributed by atoms with Crippen LogP contribution in [0.5, 0.6) is 0 Å². The third kappa shape index (κ3) is 3.34. The number of thiophene rings is 1. The summed E-state index contributed by atoms with van der Waals surface area (Å²) in [5, 5.41) is 4.69. The molecule has 0 spiro atoms. The third-order valence-electron chi connectivity index (χ3n) is 2.43. The molecule has 0 fully saturated rings. The Hall–Kier alpha value is -0.920. The maximum atomic E-state index is 13.2. The summed E-state index contributed by atoms with van der Waals surface area (Å²) in [5.41, 5.74) is 5.72. The van der Waals surface area contributed by atoms with Crippen LogP contribution in [0.2, 0.25) is 0 Å². The largest absolute Gasteiger partial charge is 0.396 e. The van der Waals surface area contributed by atoms with Crippen molar-refractivity contribution in [3.63, 3.8) is 0 Å². The Labute approximate surface area is 130 Å². The third-order valence-corrected chi connectivity index (χ3v) is 5.01. The summed E-state index contributed by atoms with van der Waals surface area (Å²) >= 11 is 8.08. The maximum absolute atomic E-state index is 13.2. The van der Waals surface area contributed by atoms with Gasteiger partial charge in [0.05, 0.1) is 17.8 Å². The van der Waals surface area contributed by atoms with Gasteiger partial charge in [0.15, 0.2) is 0 Å². The number of rotatable bonds is 3. The Kier molecular flexibility index (Phi) is 4.59. The van der Waals surface area contributed by atoms with Crippen molar-refractivity contribution >= 4 is 54.8 Å². The van der Waals surface area contributed by atoms with Crippen LogP contribution in [0.15, 0.2) is 32.5 Å². The van der Waals surface area contributed by atoms with E-state index in [1.54, 1.807) is 0 Å². The number of carbonyl (C=O) groups excluding carboxylic acids is 1. The minimum absolute atomic E-state index is 0.0503. The van der Waals surface area contributed by atoms with E-state index < -0.39 is 5.82 Å². The van der Waals surface area contributed by atoms with Gasteiger partial charge >= 0.3 is 0 Å². The van der Waals surface area contributed by atoms with Crippen LogP contribution in [0.25, 0.3) is 0 Å². The van der Waals surface area contributed by atoms with Crippen LogP contribution in [0.1, 0.15) is 15.2 Å². The molecule has 3 nitrogen and oxygen atoms in total. The molecule has 0 bridgehead atoms. The van der Waals surface area contributed by atoms with Crippen molar-refractivity contribution in [1.82, 2.24) is 5.32 Å². The molecule has 0 saturated heterocycles. The Morgan fingerprint density at radius 1 is 1.37 bits per heavy atom. The van der Waals surface area contributed by atoms with Gasteiger partial charge in [0.2, 0.25) is 0 Å². The Morgan fingerprint density at radius 3 is 2.74 bits per heavy atom. The molecule has 0 saturated carbocycles. The van der Waals surface area contributed by atoms with Crippen LogP contribution in [0, 0.1) is 5.82 Å². The summed E-state index contributed by atoms with van der Waals surface area (Å²) < 4.78 is 14.5. The van der Waals surface area contributed by atoms with Gasteiger partial charge < -0.3 is 11.1 Å². The summed E-state index contributed by atoms with van der Waals surface area (Å²) in [6.07, 6.45) is 0. The highest BCUT2D eigenvalue weighted by atomic mass is 79.9. The van der Waals surface area contributed by atoms with Gasteiger partial charge in [-0.25, -0.2) is 4.39 Å². The summed E-state index contributed by atoms with van der Waals surface area (Å²) in [6.45, 7) is 0.404. The molecule has 19 heavy (non-hydrogen) atoms. The fourth-order valence-electron chi connectivity index (χ4n) is 1.45. The second-order valence-electron chi connectivity index (χ2n) is 3.73. The van der Waals surface area contributed by atoms with E-state index in [1.807, 2.05) is 11.4 Å². The maximum Gasteiger partial charge on any atom is 0.252 e. The molecule has 0 unspecified atom stereocenters. The molecule has 0 atom stereocenters. The molecule has 0 aliphatic carbocycles. The second-order valence-corrected chi connectivity index (χ2v) is 6.44. The first-order valence-corrected chi connectivity index (χ1v) is 7.70. The number of hydrogen-bond donors (Lipinski definition) is 2. The smallest absolute Gasteiger partial charge is 0.252 e. The second kappa shape index (κ2) is 6.02. The van der Waals surface area contributed by atoms with Crippen LogP contribution < -0.4 is 11.1 Å². The number of amides is 1. The normalized spacial score (nSPS) is 10.5. The minimum Gasteiger partial charge on any atom is -0.396 e. The average Bonchev–Trinajstić information content (AvgIpc) is 2.76. The van der Waals surface area contributed by atoms with Crippen molar-refractivity contribution in [2.45, 2.75) is 6.54 Å². The highest BCUT2D eigenvalue weighted by Gasteiger charge is 2.13. The number of nitrogens with one attached hydrogen (secondary N) is 1. The lowest BCUT2D eigenvalue weighted by Crippen LogP contribution is -2.23. The van der Waals surface area contributed by atoms with Crippen LogP contribution >= 0.6 is 43.2 Å². The lowest BCUT2D eigenvalue weighted by molar-refractivity contribution is 0.0950. The highest BCUT2D eigenvalue weighted by molar-refractivity contribution is 9.10. The predicted molar refractivity (Wildman–Crippen MR) is 81.7 cm³/mol. The topological polar surface area (TPSA) is 55.1 Å². The van der Waals surface area contributed by atoms with Crippen molar-refractivity contribution in [2.24, 2.45) is 0 Å². The van der Waals surface area contributed by atoms with Crippen molar-refractivity contribution < 1.29 is 9.18 Å². The number of nitrogen functional groups attached to an aromatic ring is 1. The van der Waals surface area contributed by atoms with Gasteiger partial charge in [0.1, 0.15) is 5.82 Å². The van der Waals surface area contributed by atoms with E-state index >= 15 is 0 Å². The van der Waals surface area contributed by atoms with E-state index in [0.29, 0.717) is 16.6 Å². The van der Waals surface area contributed by atoms with Gasteiger partial charge in [-0.1, -0.05) is 0 Å².